The van der Waals surface area contributed by atoms with Gasteiger partial charge in [0.25, 0.3) is 0 Å². The first-order valence-electron chi connectivity index (χ1n) is 14.4. The normalized spacial score (nSPS) is 19.0. The van der Waals surface area contributed by atoms with Crippen LogP contribution in [0, 0.1) is 0 Å². The van der Waals surface area contributed by atoms with Crippen molar-refractivity contribution in [1.29, 1.82) is 0 Å². The molecule has 6 rings (SSSR count). The van der Waals surface area contributed by atoms with E-state index in [9.17, 15) is 19.5 Å². The number of hydrogen-bond acceptors (Lipinski definition) is 7. The summed E-state index contributed by atoms with van der Waals surface area (Å²) in [6.45, 7) is 4.59. The fourth-order valence-corrected chi connectivity index (χ4v) is 7.24. The minimum atomic E-state index is -0.845. The standard InChI is InChI=1S/C33H32BrN5O4S/c1-2-15-37-20-31(42)38-26(17-23-11-13-27(40)25(34)16-23)33(43)36(18-24-9-6-10-28-32(24)35-21-44-28)19-29(38)39(37)30(41)14-12-22-7-4-3-5-8-22/h2-11,13,16,21,26,29,40H,1,12,14-15,17-20H2/t26-,29-/m0/s1. The zero-order chi connectivity index (χ0) is 30.8. The smallest absolute Gasteiger partial charge is 0.246 e. The molecule has 2 aliphatic rings. The number of para-hydroxylation sites is 1. The number of benzene rings is 3. The largest absolute Gasteiger partial charge is 0.507 e. The second-order valence-electron chi connectivity index (χ2n) is 11.0. The number of nitrogens with zero attached hydrogens (tertiary/aromatic N) is 5. The zero-order valence-electron chi connectivity index (χ0n) is 24.0. The highest BCUT2D eigenvalue weighted by Crippen LogP contribution is 2.32. The van der Waals surface area contributed by atoms with Crippen molar-refractivity contribution in [3.05, 3.63) is 106 Å². The van der Waals surface area contributed by atoms with Gasteiger partial charge in [0.1, 0.15) is 18.0 Å². The lowest BCUT2D eigenvalue weighted by Crippen LogP contribution is -2.75. The number of rotatable bonds is 9. The molecule has 226 valence electrons. The van der Waals surface area contributed by atoms with Crippen LogP contribution >= 0.6 is 27.3 Å². The Morgan fingerprint density at radius 3 is 2.68 bits per heavy atom. The molecule has 0 spiro atoms. The number of piperazine rings is 1. The molecule has 2 aliphatic heterocycles. The third-order valence-corrected chi connectivity index (χ3v) is 9.57. The Balaban J connectivity index is 1.37. The zero-order valence-corrected chi connectivity index (χ0v) is 26.4. The predicted octanol–water partition coefficient (Wildman–Crippen LogP) is 4.75. The van der Waals surface area contributed by atoms with Gasteiger partial charge in [0, 0.05) is 25.9 Å². The van der Waals surface area contributed by atoms with Gasteiger partial charge >= 0.3 is 0 Å². The number of aromatic nitrogens is 1. The van der Waals surface area contributed by atoms with Crippen LogP contribution < -0.4 is 0 Å². The summed E-state index contributed by atoms with van der Waals surface area (Å²) in [5.41, 5.74) is 5.37. The van der Waals surface area contributed by atoms with Crippen LogP contribution in [0.15, 0.2) is 89.4 Å². The van der Waals surface area contributed by atoms with Gasteiger partial charge in [-0.05, 0) is 57.2 Å². The molecule has 0 saturated carbocycles. The number of amides is 3. The first-order chi connectivity index (χ1) is 21.3. The van der Waals surface area contributed by atoms with Gasteiger partial charge in [-0.15, -0.1) is 17.9 Å². The predicted molar refractivity (Wildman–Crippen MR) is 172 cm³/mol. The Bertz CT molecular complexity index is 1710. The molecule has 1 N–H and O–H groups in total. The third-order valence-electron chi connectivity index (χ3n) is 8.14. The SMILES string of the molecule is C=CCN1CC(=O)N2[C@@H](Cc3ccc(O)c(Br)c3)C(=O)N(Cc3cccc4scnc34)C[C@@H]2N1C(=O)CCc1ccccc1. The van der Waals surface area contributed by atoms with Crippen LogP contribution in [-0.2, 0) is 33.8 Å². The third kappa shape index (κ3) is 5.99. The summed E-state index contributed by atoms with van der Waals surface area (Å²) in [5, 5.41) is 13.5. The molecule has 44 heavy (non-hydrogen) atoms. The van der Waals surface area contributed by atoms with Crippen LogP contribution in [0.1, 0.15) is 23.1 Å². The topological polar surface area (TPSA) is 97.3 Å². The second-order valence-corrected chi connectivity index (χ2v) is 12.7. The number of aromatic hydroxyl groups is 1. The monoisotopic (exact) mass is 673 g/mol. The second kappa shape index (κ2) is 12.9. The van der Waals surface area contributed by atoms with E-state index < -0.39 is 12.2 Å². The summed E-state index contributed by atoms with van der Waals surface area (Å²) in [6, 6.07) is 20.0. The number of thiazole rings is 1. The maximum Gasteiger partial charge on any atom is 0.246 e. The van der Waals surface area contributed by atoms with E-state index in [0.717, 1.165) is 26.9 Å². The minimum Gasteiger partial charge on any atom is -0.507 e. The van der Waals surface area contributed by atoms with E-state index in [2.05, 4.69) is 27.5 Å². The highest BCUT2D eigenvalue weighted by Gasteiger charge is 2.51. The molecular weight excluding hydrogens is 642 g/mol. The van der Waals surface area contributed by atoms with Crippen molar-refractivity contribution >= 4 is 55.2 Å². The lowest BCUT2D eigenvalue weighted by atomic mass is 9.98. The van der Waals surface area contributed by atoms with Gasteiger partial charge < -0.3 is 14.9 Å². The quantitative estimate of drug-likeness (QED) is 0.258. The Kier molecular flexibility index (Phi) is 8.79. The van der Waals surface area contributed by atoms with Crippen molar-refractivity contribution in [2.75, 3.05) is 19.6 Å². The molecule has 0 bridgehead atoms. The van der Waals surface area contributed by atoms with Gasteiger partial charge in [0.05, 0.1) is 33.3 Å². The summed E-state index contributed by atoms with van der Waals surface area (Å²) in [7, 11) is 0. The lowest BCUT2D eigenvalue weighted by molar-refractivity contribution is -0.205. The lowest BCUT2D eigenvalue weighted by Gasteiger charge is -2.55. The van der Waals surface area contributed by atoms with Crippen molar-refractivity contribution in [3.8, 4) is 5.75 Å². The van der Waals surface area contributed by atoms with E-state index in [4.69, 9.17) is 0 Å². The maximum absolute atomic E-state index is 14.3. The van der Waals surface area contributed by atoms with Crippen LogP contribution in [0.2, 0.25) is 0 Å². The molecule has 2 saturated heterocycles. The van der Waals surface area contributed by atoms with E-state index in [0.29, 0.717) is 24.0 Å². The van der Waals surface area contributed by atoms with Gasteiger partial charge in [-0.1, -0.05) is 54.6 Å². The number of hydrazine groups is 1. The van der Waals surface area contributed by atoms with Crippen molar-refractivity contribution in [1.82, 2.24) is 24.8 Å². The molecular formula is C33H32BrN5O4S. The molecule has 4 aromatic rings. The van der Waals surface area contributed by atoms with Gasteiger partial charge in [0.2, 0.25) is 17.7 Å². The summed E-state index contributed by atoms with van der Waals surface area (Å²) in [4.78, 5) is 50.0. The Morgan fingerprint density at radius 1 is 1.09 bits per heavy atom. The van der Waals surface area contributed by atoms with Gasteiger partial charge in [0.15, 0.2) is 0 Å². The molecule has 2 fully saturated rings. The summed E-state index contributed by atoms with van der Waals surface area (Å²) < 4.78 is 1.53. The Morgan fingerprint density at radius 2 is 1.91 bits per heavy atom. The highest BCUT2D eigenvalue weighted by atomic mass is 79.9. The molecule has 0 unspecified atom stereocenters. The van der Waals surface area contributed by atoms with Crippen LogP contribution in [0.3, 0.4) is 0 Å². The van der Waals surface area contributed by atoms with Crippen molar-refractivity contribution in [3.63, 3.8) is 0 Å². The molecule has 1 aromatic heterocycles. The number of phenolic OH excluding ortho intramolecular Hbond substituents is 1. The number of hydrogen-bond donors (Lipinski definition) is 1. The van der Waals surface area contributed by atoms with Crippen LogP contribution in [0.25, 0.3) is 10.2 Å². The summed E-state index contributed by atoms with van der Waals surface area (Å²) in [5.74, 6) is -0.453. The van der Waals surface area contributed by atoms with Gasteiger partial charge in [-0.25, -0.2) is 15.0 Å². The molecule has 2 atom stereocenters. The van der Waals surface area contributed by atoms with Crippen LogP contribution in [0.4, 0.5) is 0 Å². The van der Waals surface area contributed by atoms with Crippen LogP contribution in [-0.4, -0.2) is 79.5 Å². The number of phenols is 1. The fraction of sp³-hybridized carbons (Fsp3) is 0.273. The minimum absolute atomic E-state index is 0.0409. The van der Waals surface area contributed by atoms with Crippen molar-refractivity contribution in [2.24, 2.45) is 0 Å². The highest BCUT2D eigenvalue weighted by molar-refractivity contribution is 9.10. The number of aryl methyl sites for hydroxylation is 1. The van der Waals surface area contributed by atoms with Crippen molar-refractivity contribution < 1.29 is 19.5 Å². The first kappa shape index (κ1) is 30.0. The van der Waals surface area contributed by atoms with E-state index in [1.165, 1.54) is 11.3 Å². The number of carbonyl (C=O) groups is 3. The fourth-order valence-electron chi connectivity index (χ4n) is 6.09. The number of carbonyl (C=O) groups excluding carboxylic acids is 3. The van der Waals surface area contributed by atoms with E-state index >= 15 is 0 Å². The van der Waals surface area contributed by atoms with E-state index in [-0.39, 0.29) is 49.4 Å². The summed E-state index contributed by atoms with van der Waals surface area (Å²) >= 11 is 4.91. The molecule has 3 amide bonds. The van der Waals surface area contributed by atoms with Crippen LogP contribution in [0.5, 0.6) is 5.75 Å². The molecule has 0 aliphatic carbocycles. The first-order valence-corrected chi connectivity index (χ1v) is 16.1. The van der Waals surface area contributed by atoms with E-state index in [1.807, 2.05) is 48.5 Å². The molecule has 9 nitrogen and oxygen atoms in total. The molecule has 3 heterocycles. The van der Waals surface area contributed by atoms with E-state index in [1.54, 1.807) is 49.6 Å². The average molecular weight is 675 g/mol. The Labute approximate surface area is 268 Å². The van der Waals surface area contributed by atoms with Crippen molar-refractivity contribution in [2.45, 2.75) is 38.0 Å². The molecule has 0 radical (unpaired) electrons. The Hall–Kier alpha value is -4.06. The number of halogens is 1. The molecule has 3 aromatic carbocycles. The summed E-state index contributed by atoms with van der Waals surface area (Å²) in [6.07, 6.45) is 2.01. The number of fused-ring (bicyclic) bond motifs is 2. The van der Waals surface area contributed by atoms with Gasteiger partial charge in [-0.2, -0.15) is 0 Å². The average Bonchev–Trinajstić information content (AvgIpc) is 3.51. The maximum atomic E-state index is 14.3. The molecule has 11 heteroatoms. The van der Waals surface area contributed by atoms with Gasteiger partial charge in [-0.3, -0.25) is 14.4 Å².